The molecule has 8 nitrogen and oxygen atoms in total. The third kappa shape index (κ3) is 10.7. The molecule has 0 aliphatic heterocycles. The summed E-state index contributed by atoms with van der Waals surface area (Å²) < 4.78 is 5.44. The first kappa shape index (κ1) is 34.6. The number of nitrogens with one attached hydrogen (secondary N) is 5. The fraction of sp³-hybridized carbons (Fsp3) is 0.471. The second kappa shape index (κ2) is 18.7. The highest BCUT2D eigenvalue weighted by Crippen LogP contribution is 2.28. The predicted molar refractivity (Wildman–Crippen MR) is 174 cm³/mol. The van der Waals surface area contributed by atoms with E-state index in [2.05, 4.69) is 28.2 Å². The van der Waals surface area contributed by atoms with Crippen LogP contribution in [0.5, 0.6) is 0 Å². The second-order valence-electron chi connectivity index (χ2n) is 10.4. The van der Waals surface area contributed by atoms with Crippen LogP contribution >= 0.6 is 0 Å². The minimum absolute atomic E-state index is 0.0337. The normalized spacial score (nSPS) is 15.3. The van der Waals surface area contributed by atoms with E-state index in [0.29, 0.717) is 47.0 Å². The fourth-order valence-corrected chi connectivity index (χ4v) is 4.32. The van der Waals surface area contributed by atoms with E-state index in [-0.39, 0.29) is 18.4 Å². The highest BCUT2D eigenvalue weighted by molar-refractivity contribution is 6.14. The molecule has 0 unspecified atom stereocenters. The Hall–Kier alpha value is -3.62. The van der Waals surface area contributed by atoms with Gasteiger partial charge in [0.2, 0.25) is 0 Å². The van der Waals surface area contributed by atoms with Gasteiger partial charge in [-0.1, -0.05) is 51.1 Å². The van der Waals surface area contributed by atoms with Gasteiger partial charge in [0.15, 0.2) is 5.78 Å². The van der Waals surface area contributed by atoms with Crippen LogP contribution in [0.4, 0.5) is 5.69 Å². The third-order valence-electron chi connectivity index (χ3n) is 7.30. The SMILES string of the molecule is CC\C=C/C(=C\C(C(=O)CC)=C(/C)OC)C(=N)/C(C)=C(/NC(N[C@@H](CC)CNCCO)=C1CCC1)Nc1ccccc1. The van der Waals surface area contributed by atoms with E-state index in [0.717, 1.165) is 50.2 Å². The number of carbonyl (C=O) groups excluding carboxylic acids is 1. The van der Waals surface area contributed by atoms with Crippen LogP contribution in [-0.2, 0) is 9.53 Å². The number of para-hydroxylation sites is 1. The van der Waals surface area contributed by atoms with Gasteiger partial charge in [0, 0.05) is 42.4 Å². The van der Waals surface area contributed by atoms with Crippen LogP contribution in [-0.4, -0.2) is 49.4 Å². The van der Waals surface area contributed by atoms with Crippen LogP contribution in [0.3, 0.4) is 0 Å². The topological polar surface area (TPSA) is 119 Å². The molecule has 1 atom stereocenters. The molecule has 0 spiro atoms. The lowest BCUT2D eigenvalue weighted by Gasteiger charge is -2.30. The van der Waals surface area contributed by atoms with Crippen molar-refractivity contribution < 1.29 is 14.6 Å². The third-order valence-corrected chi connectivity index (χ3v) is 7.30. The number of aliphatic hydroxyl groups is 1. The average Bonchev–Trinajstić information content (AvgIpc) is 2.98. The van der Waals surface area contributed by atoms with Crippen molar-refractivity contribution >= 4 is 17.2 Å². The first-order valence-electron chi connectivity index (χ1n) is 15.1. The molecule has 0 heterocycles. The molecule has 1 aliphatic carbocycles. The number of allylic oxidation sites excluding steroid dienone is 8. The van der Waals surface area contributed by atoms with Gasteiger partial charge in [0.25, 0.3) is 0 Å². The summed E-state index contributed by atoms with van der Waals surface area (Å²) in [6.07, 6.45) is 10.9. The Kier molecular flexibility index (Phi) is 15.4. The van der Waals surface area contributed by atoms with Crippen LogP contribution in [0, 0.1) is 5.41 Å². The number of rotatable bonds is 19. The first-order valence-corrected chi connectivity index (χ1v) is 15.1. The lowest BCUT2D eigenvalue weighted by Crippen LogP contribution is -2.43. The van der Waals surface area contributed by atoms with Crippen molar-refractivity contribution in [2.24, 2.45) is 0 Å². The summed E-state index contributed by atoms with van der Waals surface area (Å²) in [5.41, 5.74) is 4.31. The van der Waals surface area contributed by atoms with Crippen LogP contribution in [0.15, 0.2) is 88.3 Å². The molecule has 0 aromatic heterocycles. The molecule has 230 valence electrons. The van der Waals surface area contributed by atoms with Gasteiger partial charge in [0.1, 0.15) is 17.4 Å². The van der Waals surface area contributed by atoms with Crippen molar-refractivity contribution in [3.63, 3.8) is 0 Å². The minimum atomic E-state index is -0.0337. The monoisotopic (exact) mass is 577 g/mol. The van der Waals surface area contributed by atoms with E-state index in [4.69, 9.17) is 4.74 Å². The van der Waals surface area contributed by atoms with Crippen molar-refractivity contribution in [1.29, 1.82) is 5.41 Å². The molecule has 0 radical (unpaired) electrons. The van der Waals surface area contributed by atoms with Crippen LogP contribution in [0.25, 0.3) is 0 Å². The number of carbonyl (C=O) groups is 1. The van der Waals surface area contributed by atoms with Gasteiger partial charge >= 0.3 is 0 Å². The summed E-state index contributed by atoms with van der Waals surface area (Å²) in [6, 6.07) is 10.1. The molecule has 1 aromatic rings. The molecule has 8 heteroatoms. The molecule has 6 N–H and O–H groups in total. The van der Waals surface area contributed by atoms with Gasteiger partial charge in [-0.05, 0) is 69.7 Å². The highest BCUT2D eigenvalue weighted by Gasteiger charge is 2.21. The maximum atomic E-state index is 12.8. The van der Waals surface area contributed by atoms with E-state index < -0.39 is 0 Å². The van der Waals surface area contributed by atoms with Gasteiger partial charge in [-0.25, -0.2) is 0 Å². The number of aliphatic hydroxyl groups excluding tert-OH is 1. The fourth-order valence-electron chi connectivity index (χ4n) is 4.32. The zero-order valence-corrected chi connectivity index (χ0v) is 26.3. The number of benzene rings is 1. The van der Waals surface area contributed by atoms with Gasteiger partial charge in [-0.3, -0.25) is 10.2 Å². The summed E-state index contributed by atoms with van der Waals surface area (Å²) in [6.45, 7) is 11.1. The van der Waals surface area contributed by atoms with Gasteiger partial charge in [0.05, 0.1) is 25.0 Å². The number of methoxy groups -OCH3 is 1. The number of Topliss-reactive ketones (excluding diaryl/α,β-unsaturated/α-hetero) is 1. The molecule has 1 fully saturated rings. The van der Waals surface area contributed by atoms with E-state index >= 15 is 0 Å². The van der Waals surface area contributed by atoms with Crippen molar-refractivity contribution in [2.45, 2.75) is 79.2 Å². The number of ketones is 1. The number of hydrogen-bond acceptors (Lipinski definition) is 8. The van der Waals surface area contributed by atoms with E-state index in [9.17, 15) is 15.3 Å². The molecule has 0 amide bonds. The highest BCUT2D eigenvalue weighted by atomic mass is 16.5. The van der Waals surface area contributed by atoms with E-state index in [1.807, 2.05) is 63.3 Å². The summed E-state index contributed by atoms with van der Waals surface area (Å²) in [7, 11) is 1.56. The zero-order valence-electron chi connectivity index (χ0n) is 26.3. The van der Waals surface area contributed by atoms with Gasteiger partial charge < -0.3 is 31.1 Å². The Morgan fingerprint density at radius 2 is 1.86 bits per heavy atom. The second-order valence-corrected chi connectivity index (χ2v) is 10.4. The standard InChI is InChI=1S/C34H51N5O3/c1-7-10-15-27(22-30(25(5)42-6)31(41)9-3)32(35)24(4)33(38-29-18-12-11-13-19-29)39-34(26-16-14-17-26)37-28(8-2)23-36-20-21-40/h10-13,15,18-19,22,28,35-40H,7-9,14,16-17,20-21,23H2,1-6H3/b15-10-,27-22+,30-25-,33-24+,35-32?/t28-/m0/s1. The molecule has 0 saturated heterocycles. The summed E-state index contributed by atoms with van der Waals surface area (Å²) in [5.74, 6) is 2.14. The molecule has 2 rings (SSSR count). The first-order chi connectivity index (χ1) is 20.3. The number of ether oxygens (including phenoxy) is 1. The van der Waals surface area contributed by atoms with Crippen molar-refractivity contribution in [3.8, 4) is 0 Å². The summed E-state index contributed by atoms with van der Waals surface area (Å²) in [5, 5.41) is 32.7. The van der Waals surface area contributed by atoms with Crippen LogP contribution in [0.1, 0.15) is 73.1 Å². The maximum absolute atomic E-state index is 12.8. The summed E-state index contributed by atoms with van der Waals surface area (Å²) in [4.78, 5) is 12.8. The predicted octanol–water partition coefficient (Wildman–Crippen LogP) is 6.08. The van der Waals surface area contributed by atoms with Gasteiger partial charge in [-0.15, -0.1) is 0 Å². The van der Waals surface area contributed by atoms with Crippen LogP contribution < -0.4 is 21.3 Å². The molecule has 1 aliphatic rings. The van der Waals surface area contributed by atoms with E-state index in [1.165, 1.54) is 5.57 Å². The van der Waals surface area contributed by atoms with Crippen molar-refractivity contribution in [3.05, 3.63) is 88.3 Å². The number of hydrogen-bond donors (Lipinski definition) is 6. The Balaban J connectivity index is 2.60. The quantitative estimate of drug-likeness (QED) is 0.0388. The lowest BCUT2D eigenvalue weighted by atomic mass is 9.92. The van der Waals surface area contributed by atoms with Crippen molar-refractivity contribution in [2.75, 3.05) is 32.1 Å². The van der Waals surface area contributed by atoms with Crippen molar-refractivity contribution in [1.82, 2.24) is 16.0 Å². The Morgan fingerprint density at radius 3 is 2.40 bits per heavy atom. The zero-order chi connectivity index (χ0) is 30.9. The largest absolute Gasteiger partial charge is 0.501 e. The molecule has 42 heavy (non-hydrogen) atoms. The van der Waals surface area contributed by atoms with Crippen LogP contribution in [0.2, 0.25) is 0 Å². The maximum Gasteiger partial charge on any atom is 0.165 e. The Bertz CT molecular complexity index is 1190. The van der Waals surface area contributed by atoms with Gasteiger partial charge in [-0.2, -0.15) is 0 Å². The molecular formula is C34H51N5O3. The Morgan fingerprint density at radius 1 is 1.14 bits per heavy atom. The molecule has 1 aromatic carbocycles. The summed E-state index contributed by atoms with van der Waals surface area (Å²) >= 11 is 0. The number of anilines is 1. The smallest absolute Gasteiger partial charge is 0.165 e. The minimum Gasteiger partial charge on any atom is -0.501 e. The average molecular weight is 578 g/mol. The molecule has 1 saturated carbocycles. The Labute approximate surface area is 252 Å². The molecule has 0 bridgehead atoms. The lowest BCUT2D eigenvalue weighted by molar-refractivity contribution is -0.115. The molecular weight excluding hydrogens is 526 g/mol. The van der Waals surface area contributed by atoms with E-state index in [1.54, 1.807) is 20.1 Å².